The summed E-state index contributed by atoms with van der Waals surface area (Å²) in [4.78, 5) is 12.8. The van der Waals surface area contributed by atoms with Crippen LogP contribution >= 0.6 is 0 Å². The zero-order valence-corrected chi connectivity index (χ0v) is 11.0. The molecular weight excluding hydrogens is 245 g/mol. The fourth-order valence-electron chi connectivity index (χ4n) is 2.20. The molecule has 1 saturated carbocycles. The molecule has 0 radical (unpaired) electrons. The van der Waals surface area contributed by atoms with Gasteiger partial charge in [-0.25, -0.2) is 4.39 Å². The van der Waals surface area contributed by atoms with Crippen LogP contribution < -0.4 is 0 Å². The molecule has 19 heavy (non-hydrogen) atoms. The number of nitrogens with zero attached hydrogens (tertiary/aromatic N) is 1. The molecule has 1 N–H and O–H groups in total. The smallest absolute Gasteiger partial charge is 0.303 e. The van der Waals surface area contributed by atoms with Crippen molar-refractivity contribution < 1.29 is 14.3 Å². The van der Waals surface area contributed by atoms with Crippen molar-refractivity contribution in [2.24, 2.45) is 5.92 Å². The monoisotopic (exact) mass is 265 g/mol. The van der Waals surface area contributed by atoms with E-state index in [1.165, 1.54) is 25.0 Å². The minimum atomic E-state index is -0.742. The molecule has 1 aliphatic rings. The summed E-state index contributed by atoms with van der Waals surface area (Å²) in [5, 5.41) is 8.68. The van der Waals surface area contributed by atoms with Gasteiger partial charge in [-0.05, 0) is 49.4 Å². The van der Waals surface area contributed by atoms with E-state index in [0.29, 0.717) is 6.42 Å². The van der Waals surface area contributed by atoms with Gasteiger partial charge in [0.15, 0.2) is 0 Å². The third-order valence-electron chi connectivity index (χ3n) is 3.40. The maximum absolute atomic E-state index is 12.9. The van der Waals surface area contributed by atoms with E-state index < -0.39 is 5.97 Å². The summed E-state index contributed by atoms with van der Waals surface area (Å²) in [6.45, 7) is 2.59. The van der Waals surface area contributed by atoms with Gasteiger partial charge in [0.25, 0.3) is 0 Å². The Labute approximate surface area is 113 Å². The molecule has 1 aliphatic carbocycles. The van der Waals surface area contributed by atoms with Crippen molar-refractivity contribution in [3.63, 3.8) is 0 Å². The van der Waals surface area contributed by atoms with E-state index in [-0.39, 0.29) is 12.2 Å². The van der Waals surface area contributed by atoms with Crippen molar-refractivity contribution in [3.8, 4) is 0 Å². The van der Waals surface area contributed by atoms with E-state index in [2.05, 4.69) is 4.90 Å². The maximum atomic E-state index is 12.9. The molecule has 0 bridgehead atoms. The molecule has 4 heteroatoms. The summed E-state index contributed by atoms with van der Waals surface area (Å²) in [7, 11) is 0. The number of carboxylic acids is 1. The average Bonchev–Trinajstić information content (AvgIpc) is 3.15. The zero-order chi connectivity index (χ0) is 13.7. The number of rotatable bonds is 8. The van der Waals surface area contributed by atoms with Gasteiger partial charge in [0.1, 0.15) is 5.82 Å². The normalized spacial score (nSPS) is 14.8. The van der Waals surface area contributed by atoms with E-state index in [4.69, 9.17) is 5.11 Å². The lowest BCUT2D eigenvalue weighted by atomic mass is 10.2. The molecule has 0 aromatic heterocycles. The van der Waals surface area contributed by atoms with E-state index in [9.17, 15) is 9.18 Å². The zero-order valence-electron chi connectivity index (χ0n) is 11.0. The lowest BCUT2D eigenvalue weighted by Crippen LogP contribution is -2.27. The summed E-state index contributed by atoms with van der Waals surface area (Å²) < 4.78 is 12.9. The first kappa shape index (κ1) is 14.0. The lowest BCUT2D eigenvalue weighted by Gasteiger charge is -2.22. The molecule has 0 aliphatic heterocycles. The number of benzene rings is 1. The molecule has 3 nitrogen and oxygen atoms in total. The van der Waals surface area contributed by atoms with Crippen LogP contribution in [0.2, 0.25) is 0 Å². The first-order valence-electron chi connectivity index (χ1n) is 6.82. The molecule has 0 atom stereocenters. The molecule has 0 spiro atoms. The minimum Gasteiger partial charge on any atom is -0.481 e. The van der Waals surface area contributed by atoms with Crippen molar-refractivity contribution in [3.05, 3.63) is 35.6 Å². The number of hydrogen-bond donors (Lipinski definition) is 1. The molecule has 0 heterocycles. The fraction of sp³-hybridized carbons (Fsp3) is 0.533. The SMILES string of the molecule is O=C(O)CCCN(Cc1ccc(F)cc1)CC1CC1. The van der Waals surface area contributed by atoms with Crippen LogP contribution in [0.5, 0.6) is 0 Å². The minimum absolute atomic E-state index is 0.213. The van der Waals surface area contributed by atoms with Crippen LogP contribution in [0.1, 0.15) is 31.2 Å². The summed E-state index contributed by atoms with van der Waals surface area (Å²) in [6, 6.07) is 6.54. The van der Waals surface area contributed by atoms with Crippen molar-refractivity contribution in [1.82, 2.24) is 4.90 Å². The van der Waals surface area contributed by atoms with E-state index >= 15 is 0 Å². The predicted molar refractivity (Wildman–Crippen MR) is 71.3 cm³/mol. The van der Waals surface area contributed by atoms with Gasteiger partial charge in [-0.1, -0.05) is 12.1 Å². The second kappa shape index (κ2) is 6.66. The summed E-state index contributed by atoms with van der Waals surface area (Å²) in [6.07, 6.45) is 3.44. The molecule has 0 saturated heterocycles. The van der Waals surface area contributed by atoms with Gasteiger partial charge in [-0.2, -0.15) is 0 Å². The van der Waals surface area contributed by atoms with Crippen LogP contribution in [0.15, 0.2) is 24.3 Å². The summed E-state index contributed by atoms with van der Waals surface area (Å²) in [5.41, 5.74) is 1.08. The third kappa shape index (κ3) is 5.39. The van der Waals surface area contributed by atoms with Gasteiger partial charge in [-0.15, -0.1) is 0 Å². The highest BCUT2D eigenvalue weighted by molar-refractivity contribution is 5.66. The Hall–Kier alpha value is -1.42. The average molecular weight is 265 g/mol. The Bertz CT molecular complexity index is 415. The molecule has 1 fully saturated rings. The number of aliphatic carboxylic acids is 1. The van der Waals surface area contributed by atoms with E-state index in [1.54, 1.807) is 12.1 Å². The Morgan fingerprint density at radius 3 is 2.58 bits per heavy atom. The van der Waals surface area contributed by atoms with E-state index in [0.717, 1.165) is 31.1 Å². The van der Waals surface area contributed by atoms with Gasteiger partial charge in [0, 0.05) is 19.5 Å². The topological polar surface area (TPSA) is 40.5 Å². The highest BCUT2D eigenvalue weighted by atomic mass is 19.1. The second-order valence-electron chi connectivity index (χ2n) is 5.30. The van der Waals surface area contributed by atoms with Crippen LogP contribution in [-0.4, -0.2) is 29.1 Å². The first-order valence-corrected chi connectivity index (χ1v) is 6.82. The maximum Gasteiger partial charge on any atom is 0.303 e. The van der Waals surface area contributed by atoms with Crippen LogP contribution in [-0.2, 0) is 11.3 Å². The van der Waals surface area contributed by atoms with Gasteiger partial charge >= 0.3 is 5.97 Å². The van der Waals surface area contributed by atoms with Crippen molar-refractivity contribution >= 4 is 5.97 Å². The van der Waals surface area contributed by atoms with Crippen molar-refractivity contribution in [2.45, 2.75) is 32.2 Å². The second-order valence-corrected chi connectivity index (χ2v) is 5.30. The fourth-order valence-corrected chi connectivity index (χ4v) is 2.20. The number of carbonyl (C=O) groups is 1. The van der Waals surface area contributed by atoms with Crippen LogP contribution in [0.4, 0.5) is 4.39 Å². The first-order chi connectivity index (χ1) is 9.13. The quantitative estimate of drug-likeness (QED) is 0.785. The highest BCUT2D eigenvalue weighted by Gasteiger charge is 2.24. The molecule has 0 amide bonds. The van der Waals surface area contributed by atoms with E-state index in [1.807, 2.05) is 0 Å². The van der Waals surface area contributed by atoms with Gasteiger partial charge < -0.3 is 5.11 Å². The molecule has 0 unspecified atom stereocenters. The molecule has 1 aromatic carbocycles. The summed E-state index contributed by atoms with van der Waals surface area (Å²) >= 11 is 0. The Morgan fingerprint density at radius 2 is 2.00 bits per heavy atom. The van der Waals surface area contributed by atoms with Gasteiger partial charge in [0.05, 0.1) is 0 Å². The summed E-state index contributed by atoms with van der Waals surface area (Å²) in [5.74, 6) is -0.193. The molecule has 2 rings (SSSR count). The largest absolute Gasteiger partial charge is 0.481 e. The standard InChI is InChI=1S/C15H20FNO2/c16-14-7-5-13(6-8-14)11-17(10-12-3-4-12)9-1-2-15(18)19/h5-8,12H,1-4,9-11H2,(H,18,19). The van der Waals surface area contributed by atoms with Crippen LogP contribution in [0.3, 0.4) is 0 Å². The number of hydrogen-bond acceptors (Lipinski definition) is 2. The third-order valence-corrected chi connectivity index (χ3v) is 3.40. The Balaban J connectivity index is 1.85. The lowest BCUT2D eigenvalue weighted by molar-refractivity contribution is -0.137. The Kier molecular flexibility index (Phi) is 4.91. The number of carboxylic acid groups (broad SMARTS) is 1. The Morgan fingerprint density at radius 1 is 1.32 bits per heavy atom. The van der Waals surface area contributed by atoms with Gasteiger partial charge in [0.2, 0.25) is 0 Å². The van der Waals surface area contributed by atoms with Crippen LogP contribution in [0.25, 0.3) is 0 Å². The van der Waals surface area contributed by atoms with Gasteiger partial charge in [-0.3, -0.25) is 9.69 Å². The molecular formula is C15H20FNO2. The van der Waals surface area contributed by atoms with Crippen molar-refractivity contribution in [1.29, 1.82) is 0 Å². The van der Waals surface area contributed by atoms with Crippen LogP contribution in [0, 0.1) is 11.7 Å². The van der Waals surface area contributed by atoms with Crippen molar-refractivity contribution in [2.75, 3.05) is 13.1 Å². The number of halogens is 1. The highest BCUT2D eigenvalue weighted by Crippen LogP contribution is 2.30. The predicted octanol–water partition coefficient (Wildman–Crippen LogP) is 2.90. The molecule has 104 valence electrons. The molecule has 1 aromatic rings.